The zero-order valence-corrected chi connectivity index (χ0v) is 6.91. The van der Waals surface area contributed by atoms with Gasteiger partial charge >= 0.3 is 0 Å². The van der Waals surface area contributed by atoms with Crippen LogP contribution in [0.1, 0.15) is 13.3 Å². The maximum atomic E-state index is 9.54. The van der Waals surface area contributed by atoms with E-state index in [0.717, 1.165) is 12.0 Å². The first kappa shape index (κ1) is 8.56. The summed E-state index contributed by atoms with van der Waals surface area (Å²) in [5.41, 5.74) is 0.930. The Morgan fingerprint density at radius 3 is 2.91 bits per heavy atom. The molecule has 0 saturated heterocycles. The number of aliphatic hydroxyl groups is 1. The van der Waals surface area contributed by atoms with E-state index in [1.54, 1.807) is 13.4 Å². The van der Waals surface area contributed by atoms with E-state index in [1.807, 2.05) is 6.92 Å². The van der Waals surface area contributed by atoms with E-state index >= 15 is 0 Å². The predicted octanol–water partition coefficient (Wildman–Crippen LogP) is 0.686. The van der Waals surface area contributed by atoms with E-state index in [2.05, 4.69) is 0 Å². The average molecular weight is 158 g/mol. The molecule has 0 spiro atoms. The van der Waals surface area contributed by atoms with Crippen molar-refractivity contribution in [2.24, 2.45) is 0 Å². The molecule has 2 atom stereocenters. The van der Waals surface area contributed by atoms with Crippen molar-refractivity contribution in [2.75, 3.05) is 13.7 Å². The number of hydrogen-bond acceptors (Lipinski definition) is 3. The molecule has 0 aromatic carbocycles. The molecular formula is C8H14O3. The van der Waals surface area contributed by atoms with Crippen molar-refractivity contribution in [1.29, 1.82) is 0 Å². The summed E-state index contributed by atoms with van der Waals surface area (Å²) in [5, 5.41) is 9.54. The van der Waals surface area contributed by atoms with Crippen molar-refractivity contribution in [3.63, 3.8) is 0 Å². The van der Waals surface area contributed by atoms with E-state index < -0.39 is 6.10 Å². The first-order valence-electron chi connectivity index (χ1n) is 3.77. The van der Waals surface area contributed by atoms with Crippen LogP contribution in [0, 0.1) is 0 Å². The SMILES string of the molecule is COC(C)C(O)C1=COCC1. The summed E-state index contributed by atoms with van der Waals surface area (Å²) in [7, 11) is 1.59. The number of aliphatic hydroxyl groups excluding tert-OH is 1. The van der Waals surface area contributed by atoms with Gasteiger partial charge in [-0.3, -0.25) is 0 Å². The lowest BCUT2D eigenvalue weighted by Crippen LogP contribution is -2.26. The fraction of sp³-hybridized carbons (Fsp3) is 0.750. The zero-order valence-electron chi connectivity index (χ0n) is 6.91. The minimum atomic E-state index is -0.512. The van der Waals surface area contributed by atoms with Gasteiger partial charge in [-0.15, -0.1) is 0 Å². The van der Waals surface area contributed by atoms with Crippen LogP contribution in [0.5, 0.6) is 0 Å². The van der Waals surface area contributed by atoms with E-state index in [0.29, 0.717) is 6.61 Å². The van der Waals surface area contributed by atoms with Gasteiger partial charge in [-0.2, -0.15) is 0 Å². The van der Waals surface area contributed by atoms with Crippen molar-refractivity contribution >= 4 is 0 Å². The summed E-state index contributed by atoms with van der Waals surface area (Å²) in [5.74, 6) is 0. The molecule has 1 rings (SSSR count). The molecule has 11 heavy (non-hydrogen) atoms. The van der Waals surface area contributed by atoms with Crippen molar-refractivity contribution in [3.8, 4) is 0 Å². The third kappa shape index (κ3) is 1.94. The molecule has 1 aliphatic rings. The summed E-state index contributed by atoms with van der Waals surface area (Å²) >= 11 is 0. The Bertz CT molecular complexity index is 153. The van der Waals surface area contributed by atoms with E-state index in [-0.39, 0.29) is 6.10 Å². The first-order chi connectivity index (χ1) is 5.25. The lowest BCUT2D eigenvalue weighted by molar-refractivity contribution is 0.0179. The molecule has 0 saturated carbocycles. The van der Waals surface area contributed by atoms with E-state index in [9.17, 15) is 5.11 Å². The standard InChI is InChI=1S/C8H14O3/c1-6(10-2)8(9)7-3-4-11-5-7/h5-6,8-9H,3-4H2,1-2H3. The van der Waals surface area contributed by atoms with Crippen LogP contribution in [0.2, 0.25) is 0 Å². The largest absolute Gasteiger partial charge is 0.501 e. The Kier molecular flexibility index (Phi) is 2.91. The second kappa shape index (κ2) is 3.74. The Morgan fingerprint density at radius 2 is 2.45 bits per heavy atom. The van der Waals surface area contributed by atoms with Crippen LogP contribution in [-0.2, 0) is 9.47 Å². The van der Waals surface area contributed by atoms with Crippen LogP contribution in [0.3, 0.4) is 0 Å². The Labute approximate surface area is 66.6 Å². The van der Waals surface area contributed by atoms with Crippen molar-refractivity contribution in [2.45, 2.75) is 25.6 Å². The quantitative estimate of drug-likeness (QED) is 0.656. The fourth-order valence-corrected chi connectivity index (χ4v) is 1.05. The minimum Gasteiger partial charge on any atom is -0.501 e. The number of hydrogen-bond donors (Lipinski definition) is 1. The lowest BCUT2D eigenvalue weighted by Gasteiger charge is -2.16. The van der Waals surface area contributed by atoms with Crippen LogP contribution in [0.25, 0.3) is 0 Å². The van der Waals surface area contributed by atoms with Gasteiger partial charge in [0.25, 0.3) is 0 Å². The molecule has 0 fully saturated rings. The van der Waals surface area contributed by atoms with Gasteiger partial charge in [-0.05, 0) is 12.5 Å². The van der Waals surface area contributed by atoms with Crippen LogP contribution in [0.15, 0.2) is 11.8 Å². The van der Waals surface area contributed by atoms with Crippen LogP contribution >= 0.6 is 0 Å². The topological polar surface area (TPSA) is 38.7 Å². The number of ether oxygens (including phenoxy) is 2. The molecule has 1 heterocycles. The molecule has 1 aliphatic heterocycles. The zero-order chi connectivity index (χ0) is 8.27. The molecule has 0 bridgehead atoms. The highest BCUT2D eigenvalue weighted by Gasteiger charge is 2.20. The smallest absolute Gasteiger partial charge is 0.104 e. The van der Waals surface area contributed by atoms with Gasteiger partial charge in [0.05, 0.1) is 19.0 Å². The molecule has 0 amide bonds. The summed E-state index contributed by atoms with van der Waals surface area (Å²) < 4.78 is 9.97. The maximum Gasteiger partial charge on any atom is 0.104 e. The van der Waals surface area contributed by atoms with Crippen molar-refractivity contribution < 1.29 is 14.6 Å². The van der Waals surface area contributed by atoms with Gasteiger partial charge in [-0.1, -0.05) is 0 Å². The molecule has 64 valence electrons. The van der Waals surface area contributed by atoms with Gasteiger partial charge in [0.2, 0.25) is 0 Å². The molecule has 1 N–H and O–H groups in total. The Balaban J connectivity index is 2.45. The molecule has 0 aromatic heterocycles. The van der Waals surface area contributed by atoms with Crippen LogP contribution < -0.4 is 0 Å². The van der Waals surface area contributed by atoms with Crippen LogP contribution in [-0.4, -0.2) is 31.0 Å². The monoisotopic (exact) mass is 158 g/mol. The highest BCUT2D eigenvalue weighted by Crippen LogP contribution is 2.17. The fourth-order valence-electron chi connectivity index (χ4n) is 1.05. The number of rotatable bonds is 3. The summed E-state index contributed by atoms with van der Waals surface area (Å²) in [6, 6.07) is 0. The average Bonchev–Trinajstić information content (AvgIpc) is 2.53. The number of methoxy groups -OCH3 is 1. The molecular weight excluding hydrogens is 144 g/mol. The van der Waals surface area contributed by atoms with Gasteiger partial charge in [0.15, 0.2) is 0 Å². The second-order valence-corrected chi connectivity index (χ2v) is 2.70. The molecule has 0 radical (unpaired) electrons. The summed E-state index contributed by atoms with van der Waals surface area (Å²) in [4.78, 5) is 0. The summed E-state index contributed by atoms with van der Waals surface area (Å²) in [6.45, 7) is 2.52. The third-order valence-electron chi connectivity index (χ3n) is 1.94. The van der Waals surface area contributed by atoms with Gasteiger partial charge in [-0.25, -0.2) is 0 Å². The Morgan fingerprint density at radius 1 is 1.73 bits per heavy atom. The van der Waals surface area contributed by atoms with Crippen molar-refractivity contribution in [3.05, 3.63) is 11.8 Å². The van der Waals surface area contributed by atoms with Crippen molar-refractivity contribution in [1.82, 2.24) is 0 Å². The molecule has 3 nitrogen and oxygen atoms in total. The lowest BCUT2D eigenvalue weighted by atomic mass is 10.1. The van der Waals surface area contributed by atoms with E-state index in [1.165, 1.54) is 0 Å². The Hall–Kier alpha value is -0.540. The van der Waals surface area contributed by atoms with E-state index in [4.69, 9.17) is 9.47 Å². The molecule has 2 unspecified atom stereocenters. The normalized spacial score (nSPS) is 22.3. The second-order valence-electron chi connectivity index (χ2n) is 2.70. The highest BCUT2D eigenvalue weighted by atomic mass is 16.5. The first-order valence-corrected chi connectivity index (χ1v) is 3.77. The predicted molar refractivity (Wildman–Crippen MR) is 41.1 cm³/mol. The van der Waals surface area contributed by atoms with Gasteiger partial charge in [0, 0.05) is 13.5 Å². The van der Waals surface area contributed by atoms with Crippen LogP contribution in [0.4, 0.5) is 0 Å². The maximum absolute atomic E-state index is 9.54. The van der Waals surface area contributed by atoms with Gasteiger partial charge in [0.1, 0.15) is 6.10 Å². The third-order valence-corrected chi connectivity index (χ3v) is 1.94. The molecule has 3 heteroatoms. The van der Waals surface area contributed by atoms with Gasteiger partial charge < -0.3 is 14.6 Å². The molecule has 0 aliphatic carbocycles. The summed E-state index contributed by atoms with van der Waals surface area (Å²) in [6.07, 6.45) is 1.78. The molecule has 0 aromatic rings. The minimum absolute atomic E-state index is 0.150. The highest BCUT2D eigenvalue weighted by molar-refractivity contribution is 5.09.